The lowest BCUT2D eigenvalue weighted by atomic mass is 10.0. The first-order valence-electron chi connectivity index (χ1n) is 8.00. The molecule has 5 nitrogen and oxygen atoms in total. The monoisotopic (exact) mass is 347 g/mol. The van der Waals surface area contributed by atoms with Crippen molar-refractivity contribution in [3.05, 3.63) is 52.9 Å². The van der Waals surface area contributed by atoms with Crippen LogP contribution in [0.3, 0.4) is 0 Å². The number of hydrogen-bond acceptors (Lipinski definition) is 4. The summed E-state index contributed by atoms with van der Waals surface area (Å²) >= 11 is 0. The number of nitrogens with zero attached hydrogens (tertiary/aromatic N) is 3. The molecule has 4 rings (SSSR count). The van der Waals surface area contributed by atoms with Crippen molar-refractivity contribution in [1.29, 1.82) is 0 Å². The van der Waals surface area contributed by atoms with Crippen LogP contribution in [0.25, 0.3) is 0 Å². The molecule has 0 N–H and O–H groups in total. The number of benzene rings is 1. The van der Waals surface area contributed by atoms with Crippen molar-refractivity contribution in [2.24, 2.45) is 0 Å². The van der Waals surface area contributed by atoms with Crippen molar-refractivity contribution >= 4 is 10.0 Å². The van der Waals surface area contributed by atoms with E-state index in [0.29, 0.717) is 17.8 Å². The number of fused-ring (bicyclic) bond motifs is 4. The van der Waals surface area contributed by atoms with Crippen molar-refractivity contribution in [2.75, 3.05) is 0 Å². The average Bonchev–Trinajstić information content (AvgIpc) is 2.86. The van der Waals surface area contributed by atoms with Gasteiger partial charge in [-0.25, -0.2) is 22.8 Å². The molecule has 1 fully saturated rings. The van der Waals surface area contributed by atoms with E-state index in [1.807, 2.05) is 6.92 Å². The van der Waals surface area contributed by atoms with Gasteiger partial charge in [0, 0.05) is 24.2 Å². The summed E-state index contributed by atoms with van der Waals surface area (Å²) in [4.78, 5) is 8.88. The maximum atomic E-state index is 13.5. The summed E-state index contributed by atoms with van der Waals surface area (Å²) in [6.45, 7) is 3.41. The summed E-state index contributed by atoms with van der Waals surface area (Å²) < 4.78 is 41.4. The molecule has 0 aliphatic carbocycles. The Bertz CT molecular complexity index is 929. The molecular formula is C17H18FN3O2S. The highest BCUT2D eigenvalue weighted by atomic mass is 32.2. The van der Waals surface area contributed by atoms with Gasteiger partial charge < -0.3 is 0 Å². The number of aryl methyl sites for hydroxylation is 2. The molecule has 1 saturated heterocycles. The Hall–Kier alpha value is -1.86. The molecule has 0 amide bonds. The highest BCUT2D eigenvalue weighted by Crippen LogP contribution is 2.46. The van der Waals surface area contributed by atoms with Crippen molar-refractivity contribution in [3.8, 4) is 0 Å². The summed E-state index contributed by atoms with van der Waals surface area (Å²) in [7, 11) is -3.68. The van der Waals surface area contributed by atoms with Crippen molar-refractivity contribution in [1.82, 2.24) is 14.3 Å². The Morgan fingerprint density at radius 1 is 1.25 bits per heavy atom. The van der Waals surface area contributed by atoms with Gasteiger partial charge in [0.25, 0.3) is 0 Å². The molecule has 2 aliphatic rings. The summed E-state index contributed by atoms with van der Waals surface area (Å²) in [5.41, 5.74) is 2.19. The van der Waals surface area contributed by atoms with Crippen LogP contribution in [0.5, 0.6) is 0 Å². The second-order valence-electron chi connectivity index (χ2n) is 6.52. The van der Waals surface area contributed by atoms with Gasteiger partial charge in [0.1, 0.15) is 11.6 Å². The summed E-state index contributed by atoms with van der Waals surface area (Å²) in [5, 5.41) is 0. The van der Waals surface area contributed by atoms with Gasteiger partial charge in [0.05, 0.1) is 16.6 Å². The highest BCUT2D eigenvalue weighted by Gasteiger charge is 2.47. The van der Waals surface area contributed by atoms with Crippen molar-refractivity contribution in [3.63, 3.8) is 0 Å². The molecule has 1 aromatic heterocycles. The lowest BCUT2D eigenvalue weighted by Gasteiger charge is -2.34. The van der Waals surface area contributed by atoms with Crippen molar-refractivity contribution in [2.45, 2.75) is 50.1 Å². The molecule has 126 valence electrons. The van der Waals surface area contributed by atoms with Gasteiger partial charge in [-0.15, -0.1) is 0 Å². The van der Waals surface area contributed by atoms with Gasteiger partial charge in [-0.1, -0.05) is 0 Å². The summed E-state index contributed by atoms with van der Waals surface area (Å²) in [6.07, 6.45) is 3.93. The van der Waals surface area contributed by atoms with E-state index in [1.54, 1.807) is 17.4 Å². The maximum absolute atomic E-state index is 13.5. The Morgan fingerprint density at radius 3 is 2.79 bits per heavy atom. The third-order valence-electron chi connectivity index (χ3n) is 4.95. The lowest BCUT2D eigenvalue weighted by Crippen LogP contribution is -2.42. The minimum absolute atomic E-state index is 0.0906. The third kappa shape index (κ3) is 2.26. The smallest absolute Gasteiger partial charge is 0.241 e. The predicted octanol–water partition coefficient (Wildman–Crippen LogP) is 2.68. The molecule has 0 radical (unpaired) electrons. The van der Waals surface area contributed by atoms with Crippen LogP contribution in [0.4, 0.5) is 4.39 Å². The van der Waals surface area contributed by atoms with Crippen molar-refractivity contribution < 1.29 is 12.8 Å². The van der Waals surface area contributed by atoms with Crippen LogP contribution in [0.2, 0.25) is 0 Å². The molecule has 0 unspecified atom stereocenters. The second-order valence-corrected chi connectivity index (χ2v) is 8.36. The van der Waals surface area contributed by atoms with Crippen LogP contribution in [0.15, 0.2) is 29.3 Å². The van der Waals surface area contributed by atoms with E-state index in [4.69, 9.17) is 0 Å². The van der Waals surface area contributed by atoms with Gasteiger partial charge in [0.15, 0.2) is 0 Å². The van der Waals surface area contributed by atoms with Crippen LogP contribution in [-0.2, 0) is 16.4 Å². The Labute approximate surface area is 140 Å². The fourth-order valence-electron chi connectivity index (χ4n) is 3.80. The number of sulfonamides is 1. The van der Waals surface area contributed by atoms with E-state index in [0.717, 1.165) is 24.1 Å². The van der Waals surface area contributed by atoms with E-state index in [-0.39, 0.29) is 17.0 Å². The zero-order valence-corrected chi connectivity index (χ0v) is 14.3. The molecule has 2 bridgehead atoms. The van der Waals surface area contributed by atoms with Gasteiger partial charge in [-0.2, -0.15) is 4.31 Å². The van der Waals surface area contributed by atoms with E-state index in [9.17, 15) is 12.8 Å². The SMILES string of the molecule is Cc1ncc2c(n1)C[C@@H]1CC[C@H]2N1S(=O)(=O)c1ccc(F)c(C)c1. The summed E-state index contributed by atoms with van der Waals surface area (Å²) in [6, 6.07) is 3.65. The zero-order chi connectivity index (χ0) is 17.1. The average molecular weight is 347 g/mol. The van der Waals surface area contributed by atoms with Gasteiger partial charge in [0.2, 0.25) is 10.0 Å². The number of hydrogen-bond donors (Lipinski definition) is 0. The Kier molecular flexibility index (Phi) is 3.47. The first-order valence-corrected chi connectivity index (χ1v) is 9.44. The number of rotatable bonds is 2. The van der Waals surface area contributed by atoms with E-state index < -0.39 is 15.8 Å². The molecule has 2 aliphatic heterocycles. The minimum Gasteiger partial charge on any atom is -0.241 e. The molecule has 2 atom stereocenters. The van der Waals surface area contributed by atoms with E-state index in [1.165, 1.54) is 18.2 Å². The molecule has 1 aromatic carbocycles. The molecule has 7 heteroatoms. The van der Waals surface area contributed by atoms with Crippen LogP contribution < -0.4 is 0 Å². The maximum Gasteiger partial charge on any atom is 0.243 e. The van der Waals surface area contributed by atoms with Gasteiger partial charge >= 0.3 is 0 Å². The normalized spacial score (nSPS) is 23.3. The molecule has 2 aromatic rings. The first-order chi connectivity index (χ1) is 11.4. The highest BCUT2D eigenvalue weighted by molar-refractivity contribution is 7.89. The fraction of sp³-hybridized carbons (Fsp3) is 0.412. The summed E-state index contributed by atoms with van der Waals surface area (Å²) in [5.74, 6) is 0.309. The van der Waals surface area contributed by atoms with Crippen LogP contribution in [-0.4, -0.2) is 28.7 Å². The largest absolute Gasteiger partial charge is 0.243 e. The fourth-order valence-corrected chi connectivity index (χ4v) is 5.73. The van der Waals surface area contributed by atoms with Gasteiger partial charge in [-0.3, -0.25) is 0 Å². The molecule has 0 spiro atoms. The molecular weight excluding hydrogens is 329 g/mol. The van der Waals surface area contributed by atoms with E-state index in [2.05, 4.69) is 9.97 Å². The predicted molar refractivity (Wildman–Crippen MR) is 86.4 cm³/mol. The Balaban J connectivity index is 1.79. The second kappa shape index (κ2) is 5.32. The van der Waals surface area contributed by atoms with Crippen LogP contribution in [0.1, 0.15) is 41.5 Å². The third-order valence-corrected chi connectivity index (χ3v) is 6.91. The van der Waals surface area contributed by atoms with Crippen LogP contribution in [0, 0.1) is 19.7 Å². The topological polar surface area (TPSA) is 63.2 Å². The molecule has 0 saturated carbocycles. The quantitative estimate of drug-likeness (QED) is 0.838. The lowest BCUT2D eigenvalue weighted by molar-refractivity contribution is 0.300. The first kappa shape index (κ1) is 15.7. The molecule has 24 heavy (non-hydrogen) atoms. The van der Waals surface area contributed by atoms with Gasteiger partial charge in [-0.05, 0) is 50.5 Å². The minimum atomic E-state index is -3.68. The van der Waals surface area contributed by atoms with E-state index >= 15 is 0 Å². The molecule has 3 heterocycles. The van der Waals surface area contributed by atoms with Crippen LogP contribution >= 0.6 is 0 Å². The number of aromatic nitrogens is 2. The Morgan fingerprint density at radius 2 is 2.04 bits per heavy atom. The number of halogens is 1. The standard InChI is InChI=1S/C17H18FN3O2S/c1-10-7-13(4-5-15(10)18)24(22,23)21-12-3-6-17(21)14-9-19-11(2)20-16(14)8-12/h4-5,7,9,12,17H,3,6,8H2,1-2H3/t12-,17+/m0/s1. The zero-order valence-electron chi connectivity index (χ0n) is 13.5.